The Labute approximate surface area is 125 Å². The van der Waals surface area contributed by atoms with Gasteiger partial charge in [-0.1, -0.05) is 42.5 Å². The highest BCUT2D eigenvalue weighted by Crippen LogP contribution is 2.06. The van der Waals surface area contributed by atoms with Gasteiger partial charge in [0.1, 0.15) is 0 Å². The van der Waals surface area contributed by atoms with Crippen molar-refractivity contribution in [3.8, 4) is 0 Å². The predicted octanol–water partition coefficient (Wildman–Crippen LogP) is 0.990. The van der Waals surface area contributed by atoms with E-state index in [0.717, 1.165) is 5.56 Å². The molecule has 0 saturated carbocycles. The van der Waals surface area contributed by atoms with Crippen LogP contribution in [-0.4, -0.2) is 5.91 Å². The quantitative estimate of drug-likeness (QED) is 0.716. The van der Waals surface area contributed by atoms with E-state index in [0.29, 0.717) is 16.3 Å². The van der Waals surface area contributed by atoms with Crippen LogP contribution < -0.4 is 21.6 Å². The van der Waals surface area contributed by atoms with E-state index in [9.17, 15) is 14.4 Å². The highest BCUT2D eigenvalue weighted by atomic mass is 16.2. The number of nitrogens with one attached hydrogen (secondary N) is 1. The topological polar surface area (TPSA) is 75.6 Å². The fourth-order valence-corrected chi connectivity index (χ4v) is 2.33. The zero-order valence-corrected chi connectivity index (χ0v) is 11.8. The van der Waals surface area contributed by atoms with E-state index < -0.39 is 16.8 Å². The van der Waals surface area contributed by atoms with E-state index in [1.807, 2.05) is 6.07 Å². The molecule has 3 aromatic rings. The second kappa shape index (κ2) is 5.37. The van der Waals surface area contributed by atoms with Crippen molar-refractivity contribution in [3.63, 3.8) is 0 Å². The highest BCUT2D eigenvalue weighted by Gasteiger charge is 2.11. The van der Waals surface area contributed by atoms with Crippen LogP contribution in [0.5, 0.6) is 0 Å². The Morgan fingerprint density at radius 2 is 1.45 bits per heavy atom. The molecule has 1 N–H and O–H groups in total. The molecule has 5 nitrogen and oxygen atoms in total. The average Bonchev–Trinajstić information content (AvgIpc) is 2.77. The van der Waals surface area contributed by atoms with Crippen LogP contribution in [0.1, 0.15) is 15.9 Å². The largest absolute Gasteiger partial charge is 0.287 e. The van der Waals surface area contributed by atoms with E-state index in [1.165, 1.54) is 0 Å². The Morgan fingerprint density at radius 3 is 2.05 bits per heavy atom. The van der Waals surface area contributed by atoms with Gasteiger partial charge in [-0.25, -0.2) is 5.43 Å². The van der Waals surface area contributed by atoms with Gasteiger partial charge in [-0.3, -0.25) is 14.4 Å². The van der Waals surface area contributed by atoms with Crippen LogP contribution in [0.2, 0.25) is 0 Å². The normalized spacial score (nSPS) is 10.6. The number of fused-ring (bicyclic) bond motifs is 1. The minimum Gasteiger partial charge on any atom is -0.287 e. The summed E-state index contributed by atoms with van der Waals surface area (Å²) in [6.07, 6.45) is 0. The number of nitrogens with zero attached hydrogens (tertiary/aromatic N) is 1. The van der Waals surface area contributed by atoms with Crippen LogP contribution >= 0.6 is 0 Å². The van der Waals surface area contributed by atoms with Gasteiger partial charge in [0, 0.05) is 16.3 Å². The number of aryl methyl sites for hydroxylation is 1. The van der Waals surface area contributed by atoms with E-state index in [4.69, 9.17) is 0 Å². The molecule has 0 radical (unpaired) electrons. The van der Waals surface area contributed by atoms with Crippen LogP contribution in [0.25, 0.3) is 10.8 Å². The number of carbonyl (C=O) groups excluding carboxylic acids is 1. The Morgan fingerprint density at radius 1 is 0.909 bits per heavy atom. The van der Waals surface area contributed by atoms with Crippen molar-refractivity contribution in [1.29, 1.82) is 0 Å². The van der Waals surface area contributed by atoms with Gasteiger partial charge >= 0.3 is 0 Å². The van der Waals surface area contributed by atoms with Crippen molar-refractivity contribution in [2.45, 2.75) is 6.92 Å². The first-order valence-corrected chi connectivity index (χ1v) is 6.71. The molecule has 3 rings (SSSR count). The summed E-state index contributed by atoms with van der Waals surface area (Å²) in [6.45, 7) is 1.80. The maximum atomic E-state index is 12.1. The lowest BCUT2D eigenvalue weighted by Crippen LogP contribution is -2.35. The molecule has 1 amide bonds. The van der Waals surface area contributed by atoms with Gasteiger partial charge in [0.05, 0.1) is 0 Å². The van der Waals surface area contributed by atoms with Crippen LogP contribution in [0.3, 0.4) is 0 Å². The molecular formula is C17H12N2O3. The first-order valence-electron chi connectivity index (χ1n) is 6.71. The van der Waals surface area contributed by atoms with Crippen molar-refractivity contribution in [1.82, 2.24) is 5.43 Å². The molecule has 0 heterocycles. The number of benzene rings is 2. The summed E-state index contributed by atoms with van der Waals surface area (Å²) >= 11 is 0. The average molecular weight is 292 g/mol. The summed E-state index contributed by atoms with van der Waals surface area (Å²) in [5.74, 6) is -0.456. The molecule has 0 aliphatic carbocycles. The third-order valence-electron chi connectivity index (χ3n) is 3.51. The molecule has 0 aliphatic rings. The lowest BCUT2D eigenvalue weighted by Gasteiger charge is -2.02. The van der Waals surface area contributed by atoms with Gasteiger partial charge in [-0.2, -0.15) is 5.10 Å². The monoisotopic (exact) mass is 292 g/mol. The molecule has 0 aliphatic heterocycles. The fourth-order valence-electron chi connectivity index (χ4n) is 2.33. The van der Waals surface area contributed by atoms with Gasteiger partial charge in [0.15, 0.2) is 5.36 Å². The van der Waals surface area contributed by atoms with Crippen molar-refractivity contribution < 1.29 is 4.79 Å². The molecule has 0 unspecified atom stereocenters. The van der Waals surface area contributed by atoms with Gasteiger partial charge < -0.3 is 0 Å². The summed E-state index contributed by atoms with van der Waals surface area (Å²) in [4.78, 5) is 36.3. The first kappa shape index (κ1) is 13.9. The molecule has 5 heteroatoms. The molecule has 0 atom stereocenters. The number of carbonyl (C=O) groups is 1. The maximum absolute atomic E-state index is 12.1. The number of rotatable bonds is 2. The zero-order chi connectivity index (χ0) is 15.7. The lowest BCUT2D eigenvalue weighted by molar-refractivity contribution is 0.0952. The second-order valence-corrected chi connectivity index (χ2v) is 4.92. The molecule has 3 aromatic carbocycles. The highest BCUT2D eigenvalue weighted by molar-refractivity contribution is 5.95. The molecule has 22 heavy (non-hydrogen) atoms. The summed E-state index contributed by atoms with van der Waals surface area (Å²) in [5.41, 5.74) is 2.58. The third kappa shape index (κ3) is 2.22. The Balaban J connectivity index is 2.04. The van der Waals surface area contributed by atoms with Crippen LogP contribution in [-0.2, 0) is 0 Å². The molecular weight excluding hydrogens is 280 g/mol. The molecule has 0 aromatic heterocycles. The van der Waals surface area contributed by atoms with Crippen molar-refractivity contribution in [3.05, 3.63) is 85.5 Å². The van der Waals surface area contributed by atoms with E-state index in [1.54, 1.807) is 49.4 Å². The Bertz CT molecular complexity index is 978. The van der Waals surface area contributed by atoms with E-state index in [-0.39, 0.29) is 5.36 Å². The first-order chi connectivity index (χ1) is 10.6. The Hall–Kier alpha value is -3.08. The van der Waals surface area contributed by atoms with Gasteiger partial charge in [-0.05, 0) is 18.6 Å². The third-order valence-corrected chi connectivity index (χ3v) is 3.51. The van der Waals surface area contributed by atoms with E-state index >= 15 is 0 Å². The van der Waals surface area contributed by atoms with Gasteiger partial charge in [0.2, 0.25) is 10.9 Å². The zero-order valence-electron chi connectivity index (χ0n) is 11.8. The summed E-state index contributed by atoms with van der Waals surface area (Å²) in [7, 11) is 0. The molecule has 108 valence electrons. The van der Waals surface area contributed by atoms with Gasteiger partial charge in [0.25, 0.3) is 5.91 Å². The standard InChI is InChI=1S/C17H12N2O3/c1-10-6-2-3-7-11(10)17(22)19-18-14-15(20)12-8-4-5-9-13(12)16(14)21/h2-9H,1H3,(H,19,22). The smallest absolute Gasteiger partial charge is 0.271 e. The summed E-state index contributed by atoms with van der Waals surface area (Å²) in [5, 5.41) is 4.11. The predicted molar refractivity (Wildman–Crippen MR) is 83.1 cm³/mol. The molecule has 0 bridgehead atoms. The minimum atomic E-state index is -0.467. The van der Waals surface area contributed by atoms with Crippen molar-refractivity contribution in [2.75, 3.05) is 0 Å². The number of hydrogen-bond donors (Lipinski definition) is 1. The summed E-state index contributed by atoms with van der Waals surface area (Å²) < 4.78 is 0. The molecule has 0 fully saturated rings. The number of hydrogen-bond acceptors (Lipinski definition) is 4. The molecule has 0 saturated heterocycles. The van der Waals surface area contributed by atoms with Gasteiger partial charge in [-0.15, -0.1) is 0 Å². The van der Waals surface area contributed by atoms with Crippen LogP contribution in [0.4, 0.5) is 0 Å². The number of amides is 1. The summed E-state index contributed by atoms with van der Waals surface area (Å²) in [6, 6.07) is 13.5. The van der Waals surface area contributed by atoms with Crippen LogP contribution in [0.15, 0.2) is 63.2 Å². The van der Waals surface area contributed by atoms with Crippen molar-refractivity contribution in [2.24, 2.45) is 5.10 Å². The fraction of sp³-hybridized carbons (Fsp3) is 0.0588. The van der Waals surface area contributed by atoms with E-state index in [2.05, 4.69) is 10.5 Å². The lowest BCUT2D eigenvalue weighted by atomic mass is 10.1. The SMILES string of the molecule is Cc1ccccc1C(=O)NN=c1c(=O)c2ccccc2c1=O. The Kier molecular flexibility index (Phi) is 3.39. The van der Waals surface area contributed by atoms with Crippen LogP contribution in [0, 0.1) is 6.92 Å². The maximum Gasteiger partial charge on any atom is 0.271 e. The minimum absolute atomic E-state index is 0.261. The second-order valence-electron chi connectivity index (χ2n) is 4.92. The molecule has 0 spiro atoms. The van der Waals surface area contributed by atoms with Crippen molar-refractivity contribution >= 4 is 16.7 Å².